The zero-order chi connectivity index (χ0) is 17.5. The summed E-state index contributed by atoms with van der Waals surface area (Å²) in [7, 11) is 1.56. The summed E-state index contributed by atoms with van der Waals surface area (Å²) in [5.74, 6) is -0.934. The van der Waals surface area contributed by atoms with Crippen LogP contribution in [-0.2, 0) is 9.59 Å². The van der Waals surface area contributed by atoms with Crippen LogP contribution in [0.1, 0.15) is 16.7 Å². The highest BCUT2D eigenvalue weighted by atomic mass is 16.5. The number of amides is 2. The van der Waals surface area contributed by atoms with E-state index in [-0.39, 0.29) is 0 Å². The normalized spacial score (nSPS) is 10.5. The van der Waals surface area contributed by atoms with Crippen LogP contribution in [0, 0.1) is 13.8 Å². The van der Waals surface area contributed by atoms with Gasteiger partial charge < -0.3 is 10.1 Å². The molecule has 2 amide bonds. The van der Waals surface area contributed by atoms with Gasteiger partial charge in [0.1, 0.15) is 5.75 Å². The molecule has 0 spiro atoms. The Morgan fingerprint density at radius 3 is 2.58 bits per heavy atom. The highest BCUT2D eigenvalue weighted by Gasteiger charge is 2.13. The maximum atomic E-state index is 11.9. The summed E-state index contributed by atoms with van der Waals surface area (Å²) in [6, 6.07) is 12.7. The summed E-state index contributed by atoms with van der Waals surface area (Å²) in [4.78, 5) is 23.7. The molecule has 0 atom stereocenters. The van der Waals surface area contributed by atoms with Crippen molar-refractivity contribution in [3.63, 3.8) is 0 Å². The minimum absolute atomic E-state index is 0.595. The molecule has 2 rings (SSSR count). The Morgan fingerprint density at radius 1 is 1.08 bits per heavy atom. The van der Waals surface area contributed by atoms with Gasteiger partial charge in [0.25, 0.3) is 0 Å². The highest BCUT2D eigenvalue weighted by Crippen LogP contribution is 2.15. The minimum Gasteiger partial charge on any atom is -0.497 e. The monoisotopic (exact) mass is 325 g/mol. The first-order chi connectivity index (χ1) is 11.5. The van der Waals surface area contributed by atoms with Crippen molar-refractivity contribution < 1.29 is 14.3 Å². The molecule has 0 heterocycles. The SMILES string of the molecule is COc1cccc(/C=N/NC(=O)C(=O)Nc2ccc(C)cc2C)c1. The van der Waals surface area contributed by atoms with Crippen molar-refractivity contribution in [3.8, 4) is 5.75 Å². The van der Waals surface area contributed by atoms with E-state index < -0.39 is 11.8 Å². The number of aryl methyl sites for hydroxylation is 2. The maximum absolute atomic E-state index is 11.9. The average Bonchev–Trinajstić information content (AvgIpc) is 2.57. The fourth-order valence-corrected chi connectivity index (χ4v) is 2.07. The molecule has 6 nitrogen and oxygen atoms in total. The Hall–Kier alpha value is -3.15. The second-order valence-electron chi connectivity index (χ2n) is 5.25. The third-order valence-electron chi connectivity index (χ3n) is 3.31. The molecule has 0 fully saturated rings. The van der Waals surface area contributed by atoms with Gasteiger partial charge in [0.2, 0.25) is 0 Å². The number of hydrogen-bond acceptors (Lipinski definition) is 4. The molecule has 6 heteroatoms. The van der Waals surface area contributed by atoms with Crippen LogP contribution in [0.15, 0.2) is 47.6 Å². The largest absolute Gasteiger partial charge is 0.497 e. The fourth-order valence-electron chi connectivity index (χ4n) is 2.07. The van der Waals surface area contributed by atoms with Gasteiger partial charge in [-0.15, -0.1) is 0 Å². The molecule has 0 aliphatic carbocycles. The predicted octanol–water partition coefficient (Wildman–Crippen LogP) is 2.40. The van der Waals surface area contributed by atoms with Crippen molar-refractivity contribution in [2.75, 3.05) is 12.4 Å². The summed E-state index contributed by atoms with van der Waals surface area (Å²) in [5, 5.41) is 6.33. The van der Waals surface area contributed by atoms with Gasteiger partial charge in [-0.1, -0.05) is 29.8 Å². The van der Waals surface area contributed by atoms with Gasteiger partial charge in [-0.2, -0.15) is 5.10 Å². The molecule has 124 valence electrons. The molecule has 0 saturated carbocycles. The van der Waals surface area contributed by atoms with Gasteiger partial charge in [0.15, 0.2) is 0 Å². The van der Waals surface area contributed by atoms with E-state index in [2.05, 4.69) is 15.8 Å². The molecule has 0 aromatic heterocycles. The smallest absolute Gasteiger partial charge is 0.329 e. The number of carbonyl (C=O) groups excluding carboxylic acids is 2. The van der Waals surface area contributed by atoms with E-state index in [1.165, 1.54) is 6.21 Å². The second-order valence-corrected chi connectivity index (χ2v) is 5.25. The molecule has 0 saturated heterocycles. The first-order valence-corrected chi connectivity index (χ1v) is 7.35. The highest BCUT2D eigenvalue weighted by molar-refractivity contribution is 6.39. The lowest BCUT2D eigenvalue weighted by Crippen LogP contribution is -2.32. The van der Waals surface area contributed by atoms with Crippen LogP contribution in [-0.4, -0.2) is 25.1 Å². The van der Waals surface area contributed by atoms with Gasteiger partial charge in [0.05, 0.1) is 13.3 Å². The van der Waals surface area contributed by atoms with Gasteiger partial charge in [-0.3, -0.25) is 9.59 Å². The van der Waals surface area contributed by atoms with Crippen LogP contribution in [0.3, 0.4) is 0 Å². The predicted molar refractivity (Wildman–Crippen MR) is 93.3 cm³/mol. The number of carbonyl (C=O) groups is 2. The molecule has 0 radical (unpaired) electrons. The van der Waals surface area contributed by atoms with Gasteiger partial charge >= 0.3 is 11.8 Å². The quantitative estimate of drug-likeness (QED) is 0.515. The Labute approximate surface area is 140 Å². The molecule has 2 aromatic rings. The van der Waals surface area contributed by atoms with Crippen molar-refractivity contribution in [1.82, 2.24) is 5.43 Å². The van der Waals surface area contributed by atoms with E-state index in [1.807, 2.05) is 26.0 Å². The number of rotatable bonds is 4. The van der Waals surface area contributed by atoms with E-state index in [1.54, 1.807) is 37.4 Å². The molecular weight excluding hydrogens is 306 g/mol. The fraction of sp³-hybridized carbons (Fsp3) is 0.167. The van der Waals surface area contributed by atoms with Crippen molar-refractivity contribution in [2.24, 2.45) is 5.10 Å². The summed E-state index contributed by atoms with van der Waals surface area (Å²) < 4.78 is 5.09. The first-order valence-electron chi connectivity index (χ1n) is 7.35. The first kappa shape index (κ1) is 17.2. The van der Waals surface area contributed by atoms with Crippen LogP contribution >= 0.6 is 0 Å². The number of nitrogens with zero attached hydrogens (tertiary/aromatic N) is 1. The van der Waals surface area contributed by atoms with E-state index in [0.29, 0.717) is 11.4 Å². The summed E-state index contributed by atoms with van der Waals surface area (Å²) >= 11 is 0. The maximum Gasteiger partial charge on any atom is 0.329 e. The molecular formula is C18H19N3O3. The number of benzene rings is 2. The lowest BCUT2D eigenvalue weighted by molar-refractivity contribution is -0.136. The number of methoxy groups -OCH3 is 1. The lowest BCUT2D eigenvalue weighted by Gasteiger charge is -2.08. The number of anilines is 1. The number of hydrazone groups is 1. The number of nitrogens with one attached hydrogen (secondary N) is 2. The number of hydrogen-bond donors (Lipinski definition) is 2. The zero-order valence-electron chi connectivity index (χ0n) is 13.8. The van der Waals surface area contributed by atoms with Crippen LogP contribution in [0.2, 0.25) is 0 Å². The summed E-state index contributed by atoms with van der Waals surface area (Å²) in [6.45, 7) is 3.82. The number of ether oxygens (including phenoxy) is 1. The van der Waals surface area contributed by atoms with Crippen molar-refractivity contribution in [2.45, 2.75) is 13.8 Å². The Balaban J connectivity index is 1.93. The van der Waals surface area contributed by atoms with E-state index >= 15 is 0 Å². The summed E-state index contributed by atoms with van der Waals surface area (Å²) in [6.07, 6.45) is 1.44. The topological polar surface area (TPSA) is 79.8 Å². The third-order valence-corrected chi connectivity index (χ3v) is 3.31. The molecule has 0 aliphatic heterocycles. The van der Waals surface area contributed by atoms with Crippen molar-refractivity contribution >= 4 is 23.7 Å². The standard InChI is InChI=1S/C18H19N3O3/c1-12-7-8-16(13(2)9-12)20-17(22)18(23)21-19-11-14-5-4-6-15(10-14)24-3/h4-11H,1-3H3,(H,20,22)(H,21,23)/b19-11+. The Bertz CT molecular complexity index is 785. The molecule has 0 unspecified atom stereocenters. The van der Waals surface area contributed by atoms with Gasteiger partial charge in [-0.05, 0) is 43.2 Å². The van der Waals surface area contributed by atoms with E-state index in [9.17, 15) is 9.59 Å². The van der Waals surface area contributed by atoms with Crippen LogP contribution in [0.4, 0.5) is 5.69 Å². The molecule has 2 aromatic carbocycles. The van der Waals surface area contributed by atoms with E-state index in [4.69, 9.17) is 4.74 Å². The van der Waals surface area contributed by atoms with Crippen molar-refractivity contribution in [1.29, 1.82) is 0 Å². The third kappa shape index (κ3) is 4.67. The Morgan fingerprint density at radius 2 is 1.88 bits per heavy atom. The van der Waals surface area contributed by atoms with Crippen molar-refractivity contribution in [3.05, 3.63) is 59.2 Å². The minimum atomic E-state index is -0.839. The van der Waals surface area contributed by atoms with Gasteiger partial charge in [-0.25, -0.2) is 5.43 Å². The Kier molecular flexibility index (Phi) is 5.68. The van der Waals surface area contributed by atoms with Crippen LogP contribution < -0.4 is 15.5 Å². The summed E-state index contributed by atoms with van der Waals surface area (Å²) in [5.41, 5.74) is 5.50. The average molecular weight is 325 g/mol. The van der Waals surface area contributed by atoms with Gasteiger partial charge in [0, 0.05) is 5.69 Å². The molecule has 0 bridgehead atoms. The molecule has 0 aliphatic rings. The second kappa shape index (κ2) is 7.92. The lowest BCUT2D eigenvalue weighted by atomic mass is 10.1. The molecule has 24 heavy (non-hydrogen) atoms. The molecule has 2 N–H and O–H groups in total. The van der Waals surface area contributed by atoms with Crippen LogP contribution in [0.25, 0.3) is 0 Å². The van der Waals surface area contributed by atoms with E-state index in [0.717, 1.165) is 16.7 Å². The van der Waals surface area contributed by atoms with Crippen LogP contribution in [0.5, 0.6) is 5.75 Å². The zero-order valence-corrected chi connectivity index (χ0v) is 13.8.